The summed E-state index contributed by atoms with van der Waals surface area (Å²) in [5.41, 5.74) is 0.128. The van der Waals surface area contributed by atoms with Crippen molar-refractivity contribution in [3.05, 3.63) is 20.7 Å². The summed E-state index contributed by atoms with van der Waals surface area (Å²) in [5, 5.41) is 14.7. The summed E-state index contributed by atoms with van der Waals surface area (Å²) in [6, 6.07) is 0. The summed E-state index contributed by atoms with van der Waals surface area (Å²) < 4.78 is 1.69. The van der Waals surface area contributed by atoms with Gasteiger partial charge in [0.1, 0.15) is 0 Å². The molecule has 0 aliphatic carbocycles. The van der Waals surface area contributed by atoms with Crippen molar-refractivity contribution in [2.24, 2.45) is 0 Å². The molecule has 6 heteroatoms. The summed E-state index contributed by atoms with van der Waals surface area (Å²) >= 11 is 1.18. The van der Waals surface area contributed by atoms with Gasteiger partial charge in [-0.05, 0) is 26.2 Å². The number of aromatic nitrogens is 1. The summed E-state index contributed by atoms with van der Waals surface area (Å²) in [6.07, 6.45) is 2.23. The average molecular weight is 300 g/mol. The van der Waals surface area contributed by atoms with Crippen LogP contribution in [0.15, 0.2) is 10.2 Å². The van der Waals surface area contributed by atoms with Gasteiger partial charge in [-0.25, -0.2) is 0 Å². The average Bonchev–Trinajstić information content (AvgIpc) is 2.76. The van der Waals surface area contributed by atoms with E-state index >= 15 is 0 Å². The molecule has 0 aromatic carbocycles. The first-order valence-electron chi connectivity index (χ1n) is 7.06. The Morgan fingerprint density at radius 1 is 1.45 bits per heavy atom. The second kappa shape index (κ2) is 7.59. The Morgan fingerprint density at radius 2 is 2.10 bits per heavy atom. The Bertz CT molecular complexity index is 489. The zero-order chi connectivity index (χ0) is 15.2. The van der Waals surface area contributed by atoms with E-state index in [1.807, 2.05) is 26.2 Å². The van der Waals surface area contributed by atoms with Crippen LogP contribution in [0.1, 0.15) is 45.2 Å². The molecule has 2 N–H and O–H groups in total. The number of nitrogens with one attached hydrogen (secondary N) is 1. The number of hydrogen-bond donors (Lipinski definition) is 2. The van der Waals surface area contributed by atoms with E-state index in [0.29, 0.717) is 32.2 Å². The Balaban J connectivity index is 2.32. The van der Waals surface area contributed by atoms with Gasteiger partial charge in [-0.2, -0.15) is 0 Å². The van der Waals surface area contributed by atoms with Gasteiger partial charge in [0.05, 0.1) is 5.60 Å². The molecule has 0 spiro atoms. The number of carbonyl (C=O) groups is 1. The fourth-order valence-corrected chi connectivity index (χ4v) is 2.68. The Kier molecular flexibility index (Phi) is 6.42. The van der Waals surface area contributed by atoms with Crippen molar-refractivity contribution in [3.8, 4) is 0 Å². The third kappa shape index (κ3) is 4.76. The SMILES string of the molecule is CCC(O)(CC)CNC(=O)CCCn1c(C)csc1=O. The maximum absolute atomic E-state index is 11.7. The van der Waals surface area contributed by atoms with Crippen LogP contribution in [0.5, 0.6) is 0 Å². The van der Waals surface area contributed by atoms with Crippen LogP contribution in [0.3, 0.4) is 0 Å². The van der Waals surface area contributed by atoms with Crippen LogP contribution in [0, 0.1) is 6.92 Å². The van der Waals surface area contributed by atoms with Crippen LogP contribution in [-0.4, -0.2) is 27.7 Å². The van der Waals surface area contributed by atoms with Crippen molar-refractivity contribution in [1.82, 2.24) is 9.88 Å². The van der Waals surface area contributed by atoms with E-state index in [1.165, 1.54) is 11.3 Å². The molecule has 1 rings (SSSR count). The van der Waals surface area contributed by atoms with Crippen LogP contribution in [0.2, 0.25) is 0 Å². The largest absolute Gasteiger partial charge is 0.388 e. The molecule has 0 radical (unpaired) electrons. The Labute approximate surface area is 123 Å². The molecule has 0 saturated heterocycles. The van der Waals surface area contributed by atoms with Crippen molar-refractivity contribution in [2.45, 2.75) is 58.6 Å². The fraction of sp³-hybridized carbons (Fsp3) is 0.714. The van der Waals surface area contributed by atoms with E-state index < -0.39 is 5.60 Å². The molecule has 0 unspecified atom stereocenters. The van der Waals surface area contributed by atoms with E-state index in [1.54, 1.807) is 4.57 Å². The summed E-state index contributed by atoms with van der Waals surface area (Å²) in [4.78, 5) is 23.2. The third-order valence-corrected chi connectivity index (χ3v) is 4.57. The van der Waals surface area contributed by atoms with Gasteiger partial charge >= 0.3 is 4.87 Å². The summed E-state index contributed by atoms with van der Waals surface area (Å²) in [6.45, 7) is 6.55. The Morgan fingerprint density at radius 3 is 2.60 bits per heavy atom. The highest BCUT2D eigenvalue weighted by Gasteiger charge is 2.22. The topological polar surface area (TPSA) is 71.3 Å². The first-order chi connectivity index (χ1) is 9.41. The summed E-state index contributed by atoms with van der Waals surface area (Å²) in [7, 11) is 0. The van der Waals surface area contributed by atoms with Gasteiger partial charge in [-0.15, -0.1) is 0 Å². The van der Waals surface area contributed by atoms with E-state index in [-0.39, 0.29) is 17.3 Å². The van der Waals surface area contributed by atoms with Gasteiger partial charge in [0.2, 0.25) is 5.91 Å². The number of carbonyl (C=O) groups excluding carboxylic acids is 1. The van der Waals surface area contributed by atoms with Crippen LogP contribution in [-0.2, 0) is 11.3 Å². The lowest BCUT2D eigenvalue weighted by molar-refractivity contribution is -0.122. The molecule has 114 valence electrons. The second-order valence-electron chi connectivity index (χ2n) is 5.11. The quantitative estimate of drug-likeness (QED) is 0.767. The molecule has 1 heterocycles. The van der Waals surface area contributed by atoms with Gasteiger partial charge in [-0.1, -0.05) is 25.2 Å². The van der Waals surface area contributed by atoms with E-state index in [2.05, 4.69) is 5.32 Å². The predicted octanol–water partition coefficient (Wildman–Crippen LogP) is 1.67. The molecule has 1 aromatic rings. The molecular formula is C14H24N2O3S. The fourth-order valence-electron chi connectivity index (χ4n) is 1.92. The van der Waals surface area contributed by atoms with Crippen molar-refractivity contribution in [3.63, 3.8) is 0 Å². The number of aliphatic hydroxyl groups is 1. The molecular weight excluding hydrogens is 276 g/mol. The highest BCUT2D eigenvalue weighted by molar-refractivity contribution is 7.07. The van der Waals surface area contributed by atoms with Crippen LogP contribution in [0.4, 0.5) is 0 Å². The maximum Gasteiger partial charge on any atom is 0.307 e. The molecule has 0 aliphatic rings. The van der Waals surface area contributed by atoms with Crippen molar-refractivity contribution >= 4 is 17.2 Å². The van der Waals surface area contributed by atoms with Crippen LogP contribution in [0.25, 0.3) is 0 Å². The number of hydrogen-bond acceptors (Lipinski definition) is 4. The van der Waals surface area contributed by atoms with E-state index in [4.69, 9.17) is 0 Å². The van der Waals surface area contributed by atoms with Gasteiger partial charge < -0.3 is 15.0 Å². The minimum absolute atomic E-state index is 0.0225. The zero-order valence-corrected chi connectivity index (χ0v) is 13.3. The van der Waals surface area contributed by atoms with E-state index in [9.17, 15) is 14.7 Å². The van der Waals surface area contributed by atoms with Crippen molar-refractivity contribution in [1.29, 1.82) is 0 Å². The minimum Gasteiger partial charge on any atom is -0.388 e. The van der Waals surface area contributed by atoms with Gasteiger partial charge in [-0.3, -0.25) is 9.59 Å². The Hall–Kier alpha value is -1.14. The molecule has 0 saturated carbocycles. The van der Waals surface area contributed by atoms with Crippen molar-refractivity contribution < 1.29 is 9.90 Å². The molecule has 0 fully saturated rings. The highest BCUT2D eigenvalue weighted by Crippen LogP contribution is 2.12. The molecule has 20 heavy (non-hydrogen) atoms. The molecule has 5 nitrogen and oxygen atoms in total. The lowest BCUT2D eigenvalue weighted by Gasteiger charge is -2.25. The number of nitrogens with zero attached hydrogens (tertiary/aromatic N) is 1. The predicted molar refractivity (Wildman–Crippen MR) is 81.1 cm³/mol. The van der Waals surface area contributed by atoms with Gasteiger partial charge in [0.15, 0.2) is 0 Å². The number of thiazole rings is 1. The third-order valence-electron chi connectivity index (χ3n) is 3.69. The number of aryl methyl sites for hydroxylation is 1. The standard InChI is InChI=1S/C14H24N2O3S/c1-4-14(19,5-2)10-15-12(17)7-6-8-16-11(3)9-20-13(16)18/h9,19H,4-8,10H2,1-3H3,(H,15,17). The van der Waals surface area contributed by atoms with Gasteiger partial charge in [0, 0.05) is 30.6 Å². The summed E-state index contributed by atoms with van der Waals surface area (Å²) in [5.74, 6) is -0.0775. The monoisotopic (exact) mass is 300 g/mol. The number of rotatable bonds is 8. The van der Waals surface area contributed by atoms with Crippen LogP contribution >= 0.6 is 11.3 Å². The van der Waals surface area contributed by atoms with Crippen LogP contribution < -0.4 is 10.2 Å². The number of amides is 1. The minimum atomic E-state index is -0.809. The van der Waals surface area contributed by atoms with Gasteiger partial charge in [0.25, 0.3) is 0 Å². The molecule has 0 aliphatic heterocycles. The molecule has 1 amide bonds. The zero-order valence-electron chi connectivity index (χ0n) is 12.4. The maximum atomic E-state index is 11.7. The first kappa shape index (κ1) is 16.9. The first-order valence-corrected chi connectivity index (χ1v) is 7.94. The molecule has 0 atom stereocenters. The smallest absolute Gasteiger partial charge is 0.307 e. The highest BCUT2D eigenvalue weighted by atomic mass is 32.1. The molecule has 1 aromatic heterocycles. The normalized spacial score (nSPS) is 11.6. The lowest BCUT2D eigenvalue weighted by atomic mass is 9.97. The second-order valence-corrected chi connectivity index (χ2v) is 5.93. The van der Waals surface area contributed by atoms with Crippen molar-refractivity contribution in [2.75, 3.05) is 6.54 Å². The lowest BCUT2D eigenvalue weighted by Crippen LogP contribution is -2.42. The molecule has 0 bridgehead atoms. The van der Waals surface area contributed by atoms with E-state index in [0.717, 1.165) is 5.69 Å².